The van der Waals surface area contributed by atoms with Crippen molar-refractivity contribution in [2.24, 2.45) is 0 Å². The first-order valence-corrected chi connectivity index (χ1v) is 5.48. The molecule has 0 amide bonds. The Morgan fingerprint density at radius 1 is 1.21 bits per heavy atom. The Bertz CT molecular complexity index is 175. The number of likely N-dealkylation sites (tertiary alicyclic amines) is 1. The van der Waals surface area contributed by atoms with E-state index in [2.05, 4.69) is 29.7 Å². The Morgan fingerprint density at radius 2 is 1.79 bits per heavy atom. The minimum absolute atomic E-state index is 0.212. The van der Waals surface area contributed by atoms with E-state index < -0.39 is 0 Å². The molecular formula is C10H19NO2S. The number of ether oxygens (including phenoxy) is 2. The van der Waals surface area contributed by atoms with Crippen molar-refractivity contribution in [3.63, 3.8) is 0 Å². The van der Waals surface area contributed by atoms with Crippen LogP contribution in [0.4, 0.5) is 0 Å². The van der Waals surface area contributed by atoms with E-state index in [9.17, 15) is 0 Å². The average Bonchev–Trinajstić information content (AvgIpc) is 2.61. The molecule has 1 fully saturated rings. The van der Waals surface area contributed by atoms with Gasteiger partial charge in [-0.3, -0.25) is 4.90 Å². The summed E-state index contributed by atoms with van der Waals surface area (Å²) in [7, 11) is 3.48. The van der Waals surface area contributed by atoms with Crippen molar-refractivity contribution in [2.75, 3.05) is 39.6 Å². The number of thiol groups is 1. The van der Waals surface area contributed by atoms with Crippen LogP contribution in [0.3, 0.4) is 0 Å². The molecule has 1 aliphatic heterocycles. The van der Waals surface area contributed by atoms with Gasteiger partial charge >= 0.3 is 0 Å². The first-order valence-electron chi connectivity index (χ1n) is 4.85. The fraction of sp³-hybridized carbons (Fsp3) is 0.800. The lowest BCUT2D eigenvalue weighted by Gasteiger charge is -2.13. The second-order valence-corrected chi connectivity index (χ2v) is 3.79. The van der Waals surface area contributed by atoms with Gasteiger partial charge < -0.3 is 9.47 Å². The van der Waals surface area contributed by atoms with Gasteiger partial charge in [-0.15, -0.1) is 0 Å². The fourth-order valence-electron chi connectivity index (χ4n) is 1.72. The van der Waals surface area contributed by atoms with Crippen LogP contribution in [0, 0.1) is 0 Å². The van der Waals surface area contributed by atoms with Gasteiger partial charge in [0.05, 0.1) is 12.2 Å². The summed E-state index contributed by atoms with van der Waals surface area (Å²) < 4.78 is 10.7. The van der Waals surface area contributed by atoms with Gasteiger partial charge in [-0.2, -0.15) is 12.6 Å². The third kappa shape index (κ3) is 3.28. The molecule has 1 rings (SSSR count). The second kappa shape index (κ2) is 6.45. The van der Waals surface area contributed by atoms with Crippen molar-refractivity contribution in [1.82, 2.24) is 4.90 Å². The highest BCUT2D eigenvalue weighted by Gasteiger charge is 2.31. The van der Waals surface area contributed by atoms with E-state index in [4.69, 9.17) is 9.47 Å². The van der Waals surface area contributed by atoms with Crippen LogP contribution in [0.2, 0.25) is 0 Å². The van der Waals surface area contributed by atoms with Crippen molar-refractivity contribution < 1.29 is 9.47 Å². The average molecular weight is 217 g/mol. The maximum Gasteiger partial charge on any atom is 0.0971 e. The molecule has 0 aromatic heterocycles. The van der Waals surface area contributed by atoms with Crippen molar-refractivity contribution in [1.29, 1.82) is 0 Å². The normalized spacial score (nSPS) is 29.1. The molecule has 1 aliphatic rings. The van der Waals surface area contributed by atoms with Crippen molar-refractivity contribution in [3.05, 3.63) is 12.2 Å². The van der Waals surface area contributed by atoms with Gasteiger partial charge in [-0.25, -0.2) is 0 Å². The predicted octanol–water partition coefficient (Wildman–Crippen LogP) is 0.818. The lowest BCUT2D eigenvalue weighted by Crippen LogP contribution is -2.27. The highest BCUT2D eigenvalue weighted by atomic mass is 32.1. The molecule has 0 bridgehead atoms. The summed E-state index contributed by atoms with van der Waals surface area (Å²) in [6, 6.07) is 0. The zero-order chi connectivity index (χ0) is 10.4. The molecule has 0 N–H and O–H groups in total. The molecule has 3 nitrogen and oxygen atoms in total. The van der Waals surface area contributed by atoms with Gasteiger partial charge in [0.15, 0.2) is 0 Å². The quantitative estimate of drug-likeness (QED) is 0.544. The third-order valence-corrected chi connectivity index (χ3v) is 2.74. The van der Waals surface area contributed by atoms with Crippen molar-refractivity contribution in [2.45, 2.75) is 12.2 Å². The summed E-state index contributed by atoms with van der Waals surface area (Å²) in [4.78, 5) is 2.32. The van der Waals surface area contributed by atoms with E-state index in [0.717, 1.165) is 25.4 Å². The molecule has 0 aliphatic carbocycles. The number of hydrogen-bond acceptors (Lipinski definition) is 4. The summed E-state index contributed by atoms with van der Waals surface area (Å²) in [6.45, 7) is 2.86. The zero-order valence-corrected chi connectivity index (χ0v) is 9.74. The van der Waals surface area contributed by atoms with E-state index >= 15 is 0 Å². The molecule has 0 radical (unpaired) electrons. The second-order valence-electron chi connectivity index (χ2n) is 3.42. The summed E-state index contributed by atoms with van der Waals surface area (Å²) in [6.07, 6.45) is 4.62. The molecule has 2 atom stereocenters. The van der Waals surface area contributed by atoms with Crippen LogP contribution in [0.5, 0.6) is 0 Å². The first kappa shape index (κ1) is 12.0. The third-order valence-electron chi connectivity index (χ3n) is 2.53. The van der Waals surface area contributed by atoms with Gasteiger partial charge in [-0.1, -0.05) is 12.2 Å². The van der Waals surface area contributed by atoms with Gasteiger partial charge in [0.1, 0.15) is 0 Å². The molecule has 14 heavy (non-hydrogen) atoms. The van der Waals surface area contributed by atoms with Crippen LogP contribution in [-0.4, -0.2) is 56.7 Å². The van der Waals surface area contributed by atoms with Gasteiger partial charge in [-0.05, 0) is 0 Å². The fourth-order valence-corrected chi connectivity index (χ4v) is 1.87. The van der Waals surface area contributed by atoms with Crippen LogP contribution in [-0.2, 0) is 9.47 Å². The first-order chi connectivity index (χ1) is 6.81. The Morgan fingerprint density at radius 3 is 2.21 bits per heavy atom. The lowest BCUT2D eigenvalue weighted by molar-refractivity contribution is -0.00461. The van der Waals surface area contributed by atoms with Crippen LogP contribution in [0.25, 0.3) is 0 Å². The van der Waals surface area contributed by atoms with Crippen LogP contribution in [0.15, 0.2) is 12.2 Å². The predicted molar refractivity (Wildman–Crippen MR) is 61.0 cm³/mol. The monoisotopic (exact) mass is 217 g/mol. The minimum Gasteiger partial charge on any atom is -0.377 e. The lowest BCUT2D eigenvalue weighted by atomic mass is 10.3. The Labute approximate surface area is 91.5 Å². The van der Waals surface area contributed by atoms with Gasteiger partial charge in [0, 0.05) is 39.6 Å². The van der Waals surface area contributed by atoms with Crippen LogP contribution >= 0.6 is 12.6 Å². The van der Waals surface area contributed by atoms with E-state index in [1.54, 1.807) is 14.2 Å². The zero-order valence-electron chi connectivity index (χ0n) is 8.85. The molecular weight excluding hydrogens is 198 g/mol. The molecule has 82 valence electrons. The molecule has 0 aromatic rings. The highest BCUT2D eigenvalue weighted by Crippen LogP contribution is 2.15. The number of methoxy groups -OCH3 is 2. The summed E-state index contributed by atoms with van der Waals surface area (Å²) in [5.41, 5.74) is 0. The van der Waals surface area contributed by atoms with E-state index in [1.807, 2.05) is 0 Å². The standard InChI is InChI=1S/C10H19NO2S/c1-12-9-7-11(5-3-4-6-14)8-10(9)13-2/h3-4,9-10,14H,5-8H2,1-2H3/b4-3+. The van der Waals surface area contributed by atoms with Gasteiger partial charge in [0.25, 0.3) is 0 Å². The Kier molecular flexibility index (Phi) is 5.55. The SMILES string of the molecule is COC1CN(C/C=C/CS)CC1OC. The van der Waals surface area contributed by atoms with E-state index in [1.165, 1.54) is 0 Å². The van der Waals surface area contributed by atoms with Gasteiger partial charge in [0.2, 0.25) is 0 Å². The van der Waals surface area contributed by atoms with Crippen molar-refractivity contribution in [3.8, 4) is 0 Å². The molecule has 0 spiro atoms. The topological polar surface area (TPSA) is 21.7 Å². The Hall–Kier alpha value is -0.0300. The van der Waals surface area contributed by atoms with E-state index in [-0.39, 0.29) is 12.2 Å². The molecule has 0 aromatic carbocycles. The maximum absolute atomic E-state index is 5.35. The smallest absolute Gasteiger partial charge is 0.0971 e. The summed E-state index contributed by atoms with van der Waals surface area (Å²) >= 11 is 4.11. The van der Waals surface area contributed by atoms with Crippen LogP contribution in [0.1, 0.15) is 0 Å². The van der Waals surface area contributed by atoms with Crippen LogP contribution < -0.4 is 0 Å². The minimum atomic E-state index is 0.212. The largest absolute Gasteiger partial charge is 0.377 e. The van der Waals surface area contributed by atoms with E-state index in [0.29, 0.717) is 0 Å². The number of hydrogen-bond donors (Lipinski definition) is 1. The molecule has 4 heteroatoms. The molecule has 1 heterocycles. The molecule has 2 unspecified atom stereocenters. The maximum atomic E-state index is 5.35. The summed E-state index contributed by atoms with van der Waals surface area (Å²) in [5, 5.41) is 0. The number of nitrogens with zero attached hydrogens (tertiary/aromatic N) is 1. The summed E-state index contributed by atoms with van der Waals surface area (Å²) in [5.74, 6) is 0.801. The molecule has 0 saturated carbocycles. The number of rotatable bonds is 5. The molecule has 1 saturated heterocycles. The highest BCUT2D eigenvalue weighted by molar-refractivity contribution is 7.80. The Balaban J connectivity index is 2.33. The van der Waals surface area contributed by atoms with Crippen molar-refractivity contribution >= 4 is 12.6 Å².